The fraction of sp³-hybridized carbons (Fsp3) is 0.0870. The first-order valence-electron chi connectivity index (χ1n) is 9.91. The topological polar surface area (TPSA) is 121 Å². The number of hydrogen-bond donors (Lipinski definition) is 3. The van der Waals surface area contributed by atoms with Crippen molar-refractivity contribution in [2.45, 2.75) is 4.90 Å². The SMILES string of the molecule is O=C(c1ccc2ncc(NCCO)nc2c1)c1cccc(NS(=O)(=O)c2ccccc2)c1F. The minimum Gasteiger partial charge on any atom is -0.395 e. The number of rotatable bonds is 8. The molecule has 0 spiro atoms. The number of fused-ring (bicyclic) bond motifs is 1. The maximum Gasteiger partial charge on any atom is 0.261 e. The van der Waals surface area contributed by atoms with Gasteiger partial charge in [-0.15, -0.1) is 0 Å². The number of aliphatic hydroxyl groups excluding tert-OH is 1. The summed E-state index contributed by atoms with van der Waals surface area (Å²) in [5.41, 5.74) is 0.486. The Kier molecular flexibility index (Phi) is 6.29. The number of carbonyl (C=O) groups excluding carboxylic acids is 1. The lowest BCUT2D eigenvalue weighted by atomic mass is 10.0. The van der Waals surface area contributed by atoms with Crippen LogP contribution in [0.2, 0.25) is 0 Å². The third-order valence-corrected chi connectivity index (χ3v) is 6.14. The van der Waals surface area contributed by atoms with E-state index in [4.69, 9.17) is 5.11 Å². The molecule has 0 atom stereocenters. The van der Waals surface area contributed by atoms with E-state index in [2.05, 4.69) is 20.0 Å². The molecule has 10 heteroatoms. The lowest BCUT2D eigenvalue weighted by molar-refractivity contribution is 0.103. The molecule has 0 aliphatic rings. The number of hydrogen-bond acceptors (Lipinski definition) is 7. The highest BCUT2D eigenvalue weighted by Crippen LogP contribution is 2.25. The Bertz CT molecular complexity index is 1430. The minimum atomic E-state index is -4.03. The molecule has 8 nitrogen and oxygen atoms in total. The van der Waals surface area contributed by atoms with Crippen molar-refractivity contribution in [3.05, 3.63) is 89.9 Å². The van der Waals surface area contributed by atoms with E-state index in [-0.39, 0.29) is 34.9 Å². The molecule has 0 radical (unpaired) electrons. The van der Waals surface area contributed by atoms with Gasteiger partial charge in [-0.25, -0.2) is 17.8 Å². The van der Waals surface area contributed by atoms with Gasteiger partial charge in [0.05, 0.1) is 40.0 Å². The van der Waals surface area contributed by atoms with Gasteiger partial charge in [0, 0.05) is 12.1 Å². The molecule has 168 valence electrons. The molecule has 0 aliphatic carbocycles. The van der Waals surface area contributed by atoms with E-state index in [9.17, 15) is 13.2 Å². The summed E-state index contributed by atoms with van der Waals surface area (Å²) in [5, 5.41) is 11.8. The largest absolute Gasteiger partial charge is 0.395 e. The quantitative estimate of drug-likeness (QED) is 0.341. The van der Waals surface area contributed by atoms with Crippen LogP contribution >= 0.6 is 0 Å². The first-order chi connectivity index (χ1) is 15.9. The third kappa shape index (κ3) is 4.81. The van der Waals surface area contributed by atoms with Gasteiger partial charge in [0.2, 0.25) is 0 Å². The van der Waals surface area contributed by atoms with Gasteiger partial charge in [0.1, 0.15) is 5.82 Å². The summed E-state index contributed by atoms with van der Waals surface area (Å²) in [5.74, 6) is -1.19. The summed E-state index contributed by atoms with van der Waals surface area (Å²) in [7, 11) is -4.03. The van der Waals surface area contributed by atoms with Crippen LogP contribution in [0.15, 0.2) is 77.8 Å². The van der Waals surface area contributed by atoms with Crippen molar-refractivity contribution in [2.24, 2.45) is 0 Å². The lowest BCUT2D eigenvalue weighted by Gasteiger charge is -2.11. The zero-order chi connectivity index (χ0) is 23.4. The highest BCUT2D eigenvalue weighted by atomic mass is 32.2. The Morgan fingerprint density at radius 1 is 1.00 bits per heavy atom. The molecule has 33 heavy (non-hydrogen) atoms. The van der Waals surface area contributed by atoms with Crippen molar-refractivity contribution in [1.29, 1.82) is 0 Å². The van der Waals surface area contributed by atoms with Gasteiger partial charge in [-0.3, -0.25) is 14.5 Å². The van der Waals surface area contributed by atoms with Crippen LogP contribution in [0.5, 0.6) is 0 Å². The van der Waals surface area contributed by atoms with Gasteiger partial charge < -0.3 is 10.4 Å². The zero-order valence-electron chi connectivity index (χ0n) is 17.2. The van der Waals surface area contributed by atoms with Crippen LogP contribution in [0.1, 0.15) is 15.9 Å². The van der Waals surface area contributed by atoms with E-state index in [1.807, 2.05) is 0 Å². The molecule has 4 rings (SSSR count). The summed E-state index contributed by atoms with van der Waals surface area (Å²) >= 11 is 0. The predicted molar refractivity (Wildman–Crippen MR) is 122 cm³/mol. The molecule has 1 aromatic heterocycles. The number of halogens is 1. The van der Waals surface area contributed by atoms with Gasteiger partial charge in [-0.05, 0) is 42.5 Å². The average molecular weight is 466 g/mol. The number of nitrogens with one attached hydrogen (secondary N) is 2. The highest BCUT2D eigenvalue weighted by Gasteiger charge is 2.21. The molecule has 3 aromatic carbocycles. The molecule has 0 aliphatic heterocycles. The van der Waals surface area contributed by atoms with Crippen molar-refractivity contribution in [3.63, 3.8) is 0 Å². The van der Waals surface area contributed by atoms with E-state index in [1.54, 1.807) is 24.3 Å². The minimum absolute atomic E-state index is 0.0279. The second kappa shape index (κ2) is 9.31. The second-order valence-corrected chi connectivity index (χ2v) is 8.71. The molecule has 0 saturated carbocycles. The molecule has 4 aromatic rings. The van der Waals surface area contributed by atoms with Gasteiger partial charge in [-0.2, -0.15) is 0 Å². The second-order valence-electron chi connectivity index (χ2n) is 7.02. The molecule has 1 heterocycles. The number of carbonyl (C=O) groups is 1. The van der Waals surface area contributed by atoms with Gasteiger partial charge in [0.15, 0.2) is 11.6 Å². The lowest BCUT2D eigenvalue weighted by Crippen LogP contribution is -2.15. The highest BCUT2D eigenvalue weighted by molar-refractivity contribution is 7.92. The molecular formula is C23H19FN4O4S. The van der Waals surface area contributed by atoms with Gasteiger partial charge in [0.25, 0.3) is 10.0 Å². The van der Waals surface area contributed by atoms with Crippen molar-refractivity contribution in [3.8, 4) is 0 Å². The Balaban J connectivity index is 1.65. The van der Waals surface area contributed by atoms with Gasteiger partial charge >= 0.3 is 0 Å². The van der Waals surface area contributed by atoms with Crippen LogP contribution in [-0.2, 0) is 10.0 Å². The number of aromatic nitrogens is 2. The van der Waals surface area contributed by atoms with E-state index in [0.29, 0.717) is 16.9 Å². The van der Waals surface area contributed by atoms with E-state index >= 15 is 4.39 Å². The summed E-state index contributed by atoms with van der Waals surface area (Å²) in [4.78, 5) is 21.6. The van der Waals surface area contributed by atoms with Crippen molar-refractivity contribution >= 4 is 38.3 Å². The Morgan fingerprint density at radius 3 is 2.55 bits per heavy atom. The van der Waals surface area contributed by atoms with Crippen LogP contribution in [0.3, 0.4) is 0 Å². The Morgan fingerprint density at radius 2 is 1.79 bits per heavy atom. The summed E-state index contributed by atoms with van der Waals surface area (Å²) in [6, 6.07) is 16.0. The Hall–Kier alpha value is -3.89. The standard InChI is InChI=1S/C23H19FN4O4S/c24-22-17(7-4-8-19(22)28-33(31,32)16-5-2-1-3-6-16)23(30)15-9-10-18-20(13-15)27-21(14-26-18)25-11-12-29/h1-10,13-14,28-29H,11-12H2,(H,25,27). The number of nitrogens with zero attached hydrogens (tertiary/aromatic N) is 2. The van der Waals surface area contributed by atoms with Crippen LogP contribution in [-0.4, -0.2) is 42.4 Å². The summed E-state index contributed by atoms with van der Waals surface area (Å²) < 4.78 is 42.5. The maximum absolute atomic E-state index is 15.2. The number of ketones is 1. The first kappa shape index (κ1) is 22.3. The normalized spacial score (nSPS) is 11.3. The summed E-state index contributed by atoms with van der Waals surface area (Å²) in [6.45, 7) is 0.206. The predicted octanol–water partition coefficient (Wildman–Crippen LogP) is 3.20. The third-order valence-electron chi connectivity index (χ3n) is 4.76. The van der Waals surface area contributed by atoms with Crippen molar-refractivity contribution in [1.82, 2.24) is 9.97 Å². The molecule has 0 saturated heterocycles. The van der Waals surface area contributed by atoms with Crippen molar-refractivity contribution in [2.75, 3.05) is 23.2 Å². The number of anilines is 2. The molecule has 0 bridgehead atoms. The molecule has 3 N–H and O–H groups in total. The van der Waals surface area contributed by atoms with Gasteiger partial charge in [-0.1, -0.05) is 24.3 Å². The number of sulfonamides is 1. The van der Waals surface area contributed by atoms with E-state index in [0.717, 1.165) is 0 Å². The summed E-state index contributed by atoms with van der Waals surface area (Å²) in [6.07, 6.45) is 1.50. The molecule has 0 unspecified atom stereocenters. The monoisotopic (exact) mass is 466 g/mol. The molecular weight excluding hydrogens is 447 g/mol. The molecule has 0 fully saturated rings. The Labute approximate surface area is 189 Å². The van der Waals surface area contributed by atoms with E-state index < -0.39 is 21.6 Å². The smallest absolute Gasteiger partial charge is 0.261 e. The van der Waals surface area contributed by atoms with Crippen LogP contribution in [0, 0.1) is 5.82 Å². The zero-order valence-corrected chi connectivity index (χ0v) is 18.0. The maximum atomic E-state index is 15.2. The van der Waals surface area contributed by atoms with E-state index in [1.165, 1.54) is 48.7 Å². The fourth-order valence-electron chi connectivity index (χ4n) is 3.17. The number of benzene rings is 3. The van der Waals surface area contributed by atoms with Crippen molar-refractivity contribution < 1.29 is 22.7 Å². The van der Waals surface area contributed by atoms with Crippen LogP contribution in [0.25, 0.3) is 11.0 Å². The first-order valence-corrected chi connectivity index (χ1v) is 11.4. The van der Waals surface area contributed by atoms with Crippen LogP contribution < -0.4 is 10.0 Å². The molecule has 0 amide bonds. The average Bonchev–Trinajstić information content (AvgIpc) is 2.83. The number of aliphatic hydroxyl groups is 1. The fourth-order valence-corrected chi connectivity index (χ4v) is 4.25. The van der Waals surface area contributed by atoms with Crippen LogP contribution in [0.4, 0.5) is 15.9 Å².